The molecule has 0 spiro atoms. The maximum atomic E-state index is 8.58. The molecule has 0 aliphatic carbocycles. The lowest BCUT2D eigenvalue weighted by molar-refractivity contribution is 0.317. The Morgan fingerprint density at radius 2 is 2.06 bits per heavy atom. The average molecular weight is 253 g/mol. The zero-order chi connectivity index (χ0) is 12.5. The number of hydrogen-bond donors (Lipinski definition) is 1. The summed E-state index contributed by atoms with van der Waals surface area (Å²) in [4.78, 5) is 0. The number of rotatable bonds is 7. The molecule has 0 saturated heterocycles. The lowest BCUT2D eigenvalue weighted by atomic mass is 10.1. The van der Waals surface area contributed by atoms with E-state index in [1.54, 1.807) is 6.92 Å². The van der Waals surface area contributed by atoms with Crippen molar-refractivity contribution in [2.45, 2.75) is 20.3 Å². The highest BCUT2D eigenvalue weighted by Gasteiger charge is 1.98. The van der Waals surface area contributed by atoms with E-state index in [2.05, 4.69) is 12.1 Å². The molecule has 1 aromatic carbocycles. The molecule has 0 atom stereocenters. The van der Waals surface area contributed by atoms with Gasteiger partial charge in [0.1, 0.15) is 5.75 Å². The van der Waals surface area contributed by atoms with Crippen molar-refractivity contribution >= 4 is 17.5 Å². The number of thioether (sulfide) groups is 1. The quantitative estimate of drug-likeness (QED) is 0.351. The van der Waals surface area contributed by atoms with Crippen molar-refractivity contribution in [3.05, 3.63) is 29.8 Å². The summed E-state index contributed by atoms with van der Waals surface area (Å²) in [5.74, 6) is 3.04. The van der Waals surface area contributed by atoms with E-state index in [4.69, 9.17) is 9.94 Å². The van der Waals surface area contributed by atoms with Gasteiger partial charge in [-0.3, -0.25) is 0 Å². The van der Waals surface area contributed by atoms with E-state index < -0.39 is 0 Å². The van der Waals surface area contributed by atoms with Crippen LogP contribution in [0.4, 0.5) is 0 Å². The number of ether oxygens (including phenoxy) is 1. The SMILES string of the molecule is CCSCCOc1ccc(C/C(C)=N/O)cc1. The summed E-state index contributed by atoms with van der Waals surface area (Å²) in [7, 11) is 0. The summed E-state index contributed by atoms with van der Waals surface area (Å²) >= 11 is 1.87. The second-order valence-corrected chi connectivity index (χ2v) is 5.10. The normalized spacial score (nSPS) is 11.5. The van der Waals surface area contributed by atoms with Gasteiger partial charge in [0.2, 0.25) is 0 Å². The maximum absolute atomic E-state index is 8.58. The summed E-state index contributed by atoms with van der Waals surface area (Å²) in [6.45, 7) is 4.69. The van der Waals surface area contributed by atoms with Crippen LogP contribution in [0.3, 0.4) is 0 Å². The fraction of sp³-hybridized carbons (Fsp3) is 0.462. The third-order valence-electron chi connectivity index (χ3n) is 2.25. The van der Waals surface area contributed by atoms with Crippen molar-refractivity contribution in [1.29, 1.82) is 0 Å². The standard InChI is InChI=1S/C13H19NO2S/c1-3-17-9-8-16-13-6-4-12(5-7-13)10-11(2)14-15/h4-7,15H,3,8-10H2,1-2H3/b14-11+. The number of hydrogen-bond acceptors (Lipinski definition) is 4. The lowest BCUT2D eigenvalue weighted by Gasteiger charge is -2.06. The van der Waals surface area contributed by atoms with Crippen molar-refractivity contribution in [3.8, 4) is 5.75 Å². The van der Waals surface area contributed by atoms with Gasteiger partial charge in [-0.2, -0.15) is 11.8 Å². The summed E-state index contributed by atoms with van der Waals surface area (Å²) < 4.78 is 5.59. The first kappa shape index (κ1) is 13.9. The molecule has 94 valence electrons. The molecule has 0 aliphatic heterocycles. The Kier molecular flexibility index (Phi) is 6.55. The third-order valence-corrected chi connectivity index (χ3v) is 3.12. The van der Waals surface area contributed by atoms with Crippen molar-refractivity contribution in [2.24, 2.45) is 5.16 Å². The van der Waals surface area contributed by atoms with E-state index in [1.165, 1.54) is 0 Å². The third kappa shape index (κ3) is 5.63. The van der Waals surface area contributed by atoms with E-state index >= 15 is 0 Å². The van der Waals surface area contributed by atoms with Gasteiger partial charge < -0.3 is 9.94 Å². The molecule has 0 bridgehead atoms. The summed E-state index contributed by atoms with van der Waals surface area (Å²) in [5.41, 5.74) is 1.83. The first-order valence-corrected chi connectivity index (χ1v) is 6.88. The van der Waals surface area contributed by atoms with Crippen LogP contribution in [0.15, 0.2) is 29.4 Å². The smallest absolute Gasteiger partial charge is 0.119 e. The van der Waals surface area contributed by atoms with Gasteiger partial charge in [-0.25, -0.2) is 0 Å². The van der Waals surface area contributed by atoms with Crippen molar-refractivity contribution in [3.63, 3.8) is 0 Å². The molecule has 17 heavy (non-hydrogen) atoms. The monoisotopic (exact) mass is 253 g/mol. The van der Waals surface area contributed by atoms with Gasteiger partial charge in [-0.05, 0) is 30.4 Å². The Hall–Kier alpha value is -1.16. The molecule has 1 N–H and O–H groups in total. The Labute approximate surface area is 107 Å². The second-order valence-electron chi connectivity index (χ2n) is 3.70. The zero-order valence-corrected chi connectivity index (χ0v) is 11.2. The van der Waals surface area contributed by atoms with Crippen molar-refractivity contribution < 1.29 is 9.94 Å². The highest BCUT2D eigenvalue weighted by Crippen LogP contribution is 2.13. The Bertz CT molecular complexity index is 349. The molecule has 0 aliphatic rings. The molecule has 0 aromatic heterocycles. The molecule has 1 aromatic rings. The first-order valence-electron chi connectivity index (χ1n) is 5.73. The van der Waals surface area contributed by atoms with Crippen LogP contribution in [-0.4, -0.2) is 29.0 Å². The molecule has 0 fully saturated rings. The molecule has 0 amide bonds. The fourth-order valence-electron chi connectivity index (χ4n) is 1.40. The van der Waals surface area contributed by atoms with Crippen LogP contribution in [0.1, 0.15) is 19.4 Å². The van der Waals surface area contributed by atoms with Gasteiger partial charge in [0.15, 0.2) is 0 Å². The molecule has 4 heteroatoms. The predicted octanol–water partition coefficient (Wildman–Crippen LogP) is 3.21. The molecule has 0 heterocycles. The van der Waals surface area contributed by atoms with Gasteiger partial charge in [0.25, 0.3) is 0 Å². The predicted molar refractivity (Wildman–Crippen MR) is 73.5 cm³/mol. The van der Waals surface area contributed by atoms with Crippen molar-refractivity contribution in [2.75, 3.05) is 18.1 Å². The Balaban J connectivity index is 2.39. The Morgan fingerprint density at radius 3 is 2.65 bits per heavy atom. The summed E-state index contributed by atoms with van der Waals surface area (Å²) in [6.07, 6.45) is 0.669. The van der Waals surface area contributed by atoms with Crippen LogP contribution >= 0.6 is 11.8 Å². The topological polar surface area (TPSA) is 41.8 Å². The number of oxime groups is 1. The Morgan fingerprint density at radius 1 is 1.35 bits per heavy atom. The molecule has 1 rings (SSSR count). The van der Waals surface area contributed by atoms with E-state index in [0.29, 0.717) is 12.1 Å². The minimum atomic E-state index is 0.669. The molecular formula is C13H19NO2S. The van der Waals surface area contributed by atoms with Crippen LogP contribution in [0.2, 0.25) is 0 Å². The number of nitrogens with zero attached hydrogens (tertiary/aromatic N) is 1. The maximum Gasteiger partial charge on any atom is 0.119 e. The molecule has 3 nitrogen and oxygen atoms in total. The van der Waals surface area contributed by atoms with Gasteiger partial charge in [-0.1, -0.05) is 24.2 Å². The average Bonchev–Trinajstić information content (AvgIpc) is 2.36. The summed E-state index contributed by atoms with van der Waals surface area (Å²) in [6, 6.07) is 7.90. The van der Waals surface area contributed by atoms with Crippen LogP contribution < -0.4 is 4.74 Å². The molecule has 0 saturated carbocycles. The van der Waals surface area contributed by atoms with Crippen LogP contribution in [-0.2, 0) is 6.42 Å². The first-order chi connectivity index (χ1) is 8.26. The summed E-state index contributed by atoms with van der Waals surface area (Å²) in [5, 5.41) is 11.7. The molecule has 0 radical (unpaired) electrons. The number of benzene rings is 1. The van der Waals surface area contributed by atoms with Crippen LogP contribution in [0, 0.1) is 0 Å². The van der Waals surface area contributed by atoms with Gasteiger partial charge in [-0.15, -0.1) is 0 Å². The van der Waals surface area contributed by atoms with E-state index in [9.17, 15) is 0 Å². The minimum Gasteiger partial charge on any atom is -0.493 e. The van der Waals surface area contributed by atoms with E-state index in [-0.39, 0.29) is 0 Å². The fourth-order valence-corrected chi connectivity index (χ4v) is 1.89. The lowest BCUT2D eigenvalue weighted by Crippen LogP contribution is -2.01. The van der Waals surface area contributed by atoms with Gasteiger partial charge >= 0.3 is 0 Å². The zero-order valence-electron chi connectivity index (χ0n) is 10.3. The van der Waals surface area contributed by atoms with E-state index in [1.807, 2.05) is 36.0 Å². The largest absolute Gasteiger partial charge is 0.493 e. The van der Waals surface area contributed by atoms with Gasteiger partial charge in [0.05, 0.1) is 12.3 Å². The highest BCUT2D eigenvalue weighted by atomic mass is 32.2. The van der Waals surface area contributed by atoms with E-state index in [0.717, 1.165) is 29.4 Å². The van der Waals surface area contributed by atoms with Crippen LogP contribution in [0.5, 0.6) is 5.75 Å². The second kappa shape index (κ2) is 8.01. The molecular weight excluding hydrogens is 234 g/mol. The highest BCUT2D eigenvalue weighted by molar-refractivity contribution is 7.99. The van der Waals surface area contributed by atoms with Crippen LogP contribution in [0.25, 0.3) is 0 Å². The van der Waals surface area contributed by atoms with Gasteiger partial charge in [0, 0.05) is 12.2 Å². The molecule has 0 unspecified atom stereocenters. The minimum absolute atomic E-state index is 0.669. The van der Waals surface area contributed by atoms with Crippen molar-refractivity contribution in [1.82, 2.24) is 0 Å².